The highest BCUT2D eigenvalue weighted by atomic mass is 16.5. The van der Waals surface area contributed by atoms with E-state index < -0.39 is 11.6 Å². The molecule has 1 N–H and O–H groups in total. The zero-order valence-corrected chi connectivity index (χ0v) is 10.7. The van der Waals surface area contributed by atoms with E-state index in [4.69, 9.17) is 4.74 Å². The molecule has 1 fully saturated rings. The van der Waals surface area contributed by atoms with Crippen LogP contribution in [-0.4, -0.2) is 23.8 Å². The Balaban J connectivity index is 2.42. The first kappa shape index (κ1) is 12.4. The highest BCUT2D eigenvalue weighted by Gasteiger charge is 2.48. The summed E-state index contributed by atoms with van der Waals surface area (Å²) in [5.41, 5.74) is 0.567. The van der Waals surface area contributed by atoms with Crippen molar-refractivity contribution >= 4 is 5.97 Å². The summed E-state index contributed by atoms with van der Waals surface area (Å²) < 4.78 is 4.76. The minimum atomic E-state index is -1.40. The maximum Gasteiger partial charge on any atom is 0.342 e. The van der Waals surface area contributed by atoms with Crippen molar-refractivity contribution in [3.63, 3.8) is 0 Å². The van der Waals surface area contributed by atoms with E-state index in [2.05, 4.69) is 13.0 Å². The number of ether oxygens (including phenoxy) is 1. The third kappa shape index (κ3) is 1.93. The van der Waals surface area contributed by atoms with Crippen molar-refractivity contribution in [3.05, 3.63) is 23.3 Å². The summed E-state index contributed by atoms with van der Waals surface area (Å²) in [5.74, 6) is 0.137. The second-order valence-electron chi connectivity index (χ2n) is 5.22. The summed E-state index contributed by atoms with van der Waals surface area (Å²) in [7, 11) is 1.33. The van der Waals surface area contributed by atoms with Gasteiger partial charge in [-0.2, -0.15) is 0 Å². The van der Waals surface area contributed by atoms with Crippen LogP contribution in [0, 0.1) is 11.8 Å². The number of carbonyl (C=O) groups is 1. The van der Waals surface area contributed by atoms with Crippen LogP contribution in [0.5, 0.6) is 0 Å². The van der Waals surface area contributed by atoms with Gasteiger partial charge in [-0.05, 0) is 43.6 Å². The van der Waals surface area contributed by atoms with E-state index in [1.807, 2.05) is 13.0 Å². The molecule has 0 spiro atoms. The molecule has 2 aliphatic carbocycles. The van der Waals surface area contributed by atoms with Crippen molar-refractivity contribution in [1.82, 2.24) is 0 Å². The van der Waals surface area contributed by atoms with Crippen molar-refractivity contribution in [2.24, 2.45) is 11.8 Å². The lowest BCUT2D eigenvalue weighted by Gasteiger charge is -2.41. The maximum atomic E-state index is 11.8. The van der Waals surface area contributed by atoms with Crippen molar-refractivity contribution in [3.8, 4) is 0 Å². The molecule has 2 aliphatic rings. The van der Waals surface area contributed by atoms with Crippen molar-refractivity contribution in [1.29, 1.82) is 0 Å². The fraction of sp³-hybridized carbons (Fsp3) is 0.643. The number of allylic oxidation sites excluding steroid dienone is 3. The number of methoxy groups -OCH3 is 1. The Bertz CT molecular complexity index is 394. The average Bonchev–Trinajstić information content (AvgIpc) is 2.29. The molecule has 0 heterocycles. The Morgan fingerprint density at radius 2 is 2.29 bits per heavy atom. The molecule has 94 valence electrons. The summed E-state index contributed by atoms with van der Waals surface area (Å²) in [6.45, 7) is 4.15. The van der Waals surface area contributed by atoms with Gasteiger partial charge in [-0.1, -0.05) is 24.6 Å². The molecule has 1 saturated carbocycles. The lowest BCUT2D eigenvalue weighted by Crippen LogP contribution is -2.48. The van der Waals surface area contributed by atoms with Crippen LogP contribution in [0.15, 0.2) is 23.3 Å². The van der Waals surface area contributed by atoms with E-state index in [0.717, 1.165) is 24.0 Å². The average molecular weight is 236 g/mol. The van der Waals surface area contributed by atoms with Crippen LogP contribution >= 0.6 is 0 Å². The monoisotopic (exact) mass is 236 g/mol. The number of fused-ring (bicyclic) bond motifs is 1. The summed E-state index contributed by atoms with van der Waals surface area (Å²) in [4.78, 5) is 11.8. The zero-order valence-electron chi connectivity index (χ0n) is 10.7. The lowest BCUT2D eigenvalue weighted by atomic mass is 9.66. The van der Waals surface area contributed by atoms with Crippen LogP contribution in [0.3, 0.4) is 0 Å². The van der Waals surface area contributed by atoms with Gasteiger partial charge in [0.2, 0.25) is 0 Å². The van der Waals surface area contributed by atoms with Crippen LogP contribution in [0.1, 0.15) is 33.1 Å². The predicted molar refractivity (Wildman–Crippen MR) is 65.3 cm³/mol. The molecule has 3 nitrogen and oxygen atoms in total. The van der Waals surface area contributed by atoms with Crippen LogP contribution < -0.4 is 0 Å². The molecule has 17 heavy (non-hydrogen) atoms. The van der Waals surface area contributed by atoms with Crippen LogP contribution in [0.2, 0.25) is 0 Å². The summed E-state index contributed by atoms with van der Waals surface area (Å²) in [6, 6.07) is 0. The molecule has 0 saturated heterocycles. The molecule has 2 rings (SSSR count). The Morgan fingerprint density at radius 1 is 1.59 bits per heavy atom. The molecule has 3 atom stereocenters. The third-order valence-corrected chi connectivity index (χ3v) is 4.00. The molecule has 0 aliphatic heterocycles. The van der Waals surface area contributed by atoms with Crippen LogP contribution in [0.25, 0.3) is 0 Å². The molecule has 0 aromatic heterocycles. The fourth-order valence-corrected chi connectivity index (χ4v) is 3.17. The van der Waals surface area contributed by atoms with Gasteiger partial charge in [-0.3, -0.25) is 0 Å². The number of aliphatic hydroxyl groups is 1. The normalized spacial score (nSPS) is 36.7. The van der Waals surface area contributed by atoms with E-state index in [1.165, 1.54) is 7.11 Å². The number of rotatable bonds is 1. The second kappa shape index (κ2) is 4.30. The SMILES string of the molecule is COC(=O)C1(O)CCCC2C1=CC(C)=CC2C. The van der Waals surface area contributed by atoms with E-state index in [0.29, 0.717) is 12.3 Å². The maximum absolute atomic E-state index is 11.8. The number of hydrogen-bond acceptors (Lipinski definition) is 3. The van der Waals surface area contributed by atoms with Crippen LogP contribution in [0.4, 0.5) is 0 Å². The number of esters is 1. The molecule has 0 radical (unpaired) electrons. The Morgan fingerprint density at radius 3 is 2.94 bits per heavy atom. The minimum absolute atomic E-state index is 0.275. The standard InChI is InChI=1S/C14H20O3/c1-9-7-10(2)11-5-4-6-14(16,12(11)8-9)13(15)17-3/h7-8,10-11,16H,4-6H2,1-3H3. The Hall–Kier alpha value is -1.09. The van der Waals surface area contributed by atoms with Gasteiger partial charge in [0.05, 0.1) is 7.11 Å². The molecule has 0 bridgehead atoms. The van der Waals surface area contributed by atoms with Gasteiger partial charge in [-0.15, -0.1) is 0 Å². The highest BCUT2D eigenvalue weighted by Crippen LogP contribution is 2.45. The topological polar surface area (TPSA) is 46.5 Å². The van der Waals surface area contributed by atoms with Crippen LogP contribution in [-0.2, 0) is 9.53 Å². The number of hydrogen-bond donors (Lipinski definition) is 1. The first-order valence-electron chi connectivity index (χ1n) is 6.20. The van der Waals surface area contributed by atoms with E-state index in [9.17, 15) is 9.90 Å². The van der Waals surface area contributed by atoms with Gasteiger partial charge in [0, 0.05) is 0 Å². The first-order chi connectivity index (χ1) is 7.99. The van der Waals surface area contributed by atoms with E-state index in [1.54, 1.807) is 0 Å². The van der Waals surface area contributed by atoms with Gasteiger partial charge in [0.15, 0.2) is 5.60 Å². The molecular formula is C14H20O3. The first-order valence-corrected chi connectivity index (χ1v) is 6.20. The predicted octanol–water partition coefficient (Wildman–Crippen LogP) is 2.21. The molecule has 3 unspecified atom stereocenters. The van der Waals surface area contributed by atoms with Gasteiger partial charge < -0.3 is 9.84 Å². The molecule has 0 aromatic rings. The summed E-state index contributed by atoms with van der Waals surface area (Å²) in [6.07, 6.45) is 6.54. The van der Waals surface area contributed by atoms with Crippen molar-refractivity contribution in [2.75, 3.05) is 7.11 Å². The van der Waals surface area contributed by atoms with Gasteiger partial charge in [0.25, 0.3) is 0 Å². The fourth-order valence-electron chi connectivity index (χ4n) is 3.17. The smallest absolute Gasteiger partial charge is 0.342 e. The summed E-state index contributed by atoms with van der Waals surface area (Å²) in [5, 5.41) is 10.6. The second-order valence-corrected chi connectivity index (χ2v) is 5.22. The largest absolute Gasteiger partial charge is 0.467 e. The van der Waals surface area contributed by atoms with Crippen molar-refractivity contribution < 1.29 is 14.6 Å². The molecule has 0 aromatic carbocycles. The van der Waals surface area contributed by atoms with Gasteiger partial charge in [-0.25, -0.2) is 4.79 Å². The molecule has 3 heteroatoms. The highest BCUT2D eigenvalue weighted by molar-refractivity contribution is 5.84. The Kier molecular flexibility index (Phi) is 3.13. The quantitative estimate of drug-likeness (QED) is 0.710. The molecule has 0 amide bonds. The van der Waals surface area contributed by atoms with E-state index >= 15 is 0 Å². The summed E-state index contributed by atoms with van der Waals surface area (Å²) >= 11 is 0. The van der Waals surface area contributed by atoms with Gasteiger partial charge in [0.1, 0.15) is 0 Å². The Labute approximate surface area is 102 Å². The number of carbonyl (C=O) groups excluding carboxylic acids is 1. The van der Waals surface area contributed by atoms with E-state index in [-0.39, 0.29) is 5.92 Å². The van der Waals surface area contributed by atoms with Crippen molar-refractivity contribution in [2.45, 2.75) is 38.7 Å². The molecular weight excluding hydrogens is 216 g/mol. The minimum Gasteiger partial charge on any atom is -0.467 e. The zero-order chi connectivity index (χ0) is 12.6. The van der Waals surface area contributed by atoms with Gasteiger partial charge >= 0.3 is 5.97 Å². The third-order valence-electron chi connectivity index (χ3n) is 4.00. The lowest BCUT2D eigenvalue weighted by molar-refractivity contribution is -0.161.